The molecule has 1 fully saturated rings. The van der Waals surface area contributed by atoms with Crippen molar-refractivity contribution >= 4 is 17.5 Å². The van der Waals surface area contributed by atoms with Crippen molar-refractivity contribution in [2.75, 3.05) is 26.7 Å². The lowest BCUT2D eigenvalue weighted by Gasteiger charge is -2.28. The van der Waals surface area contributed by atoms with Gasteiger partial charge in [0.1, 0.15) is 5.84 Å². The zero-order valence-corrected chi connectivity index (χ0v) is 18.1. The molecule has 2 aliphatic rings. The van der Waals surface area contributed by atoms with E-state index in [1.807, 2.05) is 0 Å². The van der Waals surface area contributed by atoms with Crippen molar-refractivity contribution in [2.45, 2.75) is 52.6 Å². The number of hydrogen-bond acceptors (Lipinski definition) is 4. The molecular weight excluding hydrogens is 362 g/mol. The molecule has 1 aromatic carbocycles. The molecular formula is C23H33N5O. The molecule has 0 saturated carbocycles. The van der Waals surface area contributed by atoms with E-state index in [0.29, 0.717) is 13.0 Å². The average Bonchev–Trinajstić information content (AvgIpc) is 3.18. The Labute approximate surface area is 174 Å². The Morgan fingerprint density at radius 3 is 2.69 bits per heavy atom. The fourth-order valence-electron chi connectivity index (χ4n) is 3.67. The zero-order chi connectivity index (χ0) is 20.8. The molecule has 1 unspecified atom stereocenters. The standard InChI is InChI=1S/C23H33N5O/c1-5-19-13-20(21(6-2)27-19)23(29)25-14-17-7-9-18(10-8-17)16(3)26-22-15-24-11-12-28(22)4/h7-10,16,24H,5-6,11-15H2,1-4H3,(H,25,29). The number of nitrogens with one attached hydrogen (secondary N) is 2. The van der Waals surface area contributed by atoms with Crippen LogP contribution < -0.4 is 10.6 Å². The number of aliphatic imine (C=N–C) groups is 2. The quantitative estimate of drug-likeness (QED) is 0.745. The summed E-state index contributed by atoms with van der Waals surface area (Å²) in [6.07, 6.45) is 2.38. The first-order chi connectivity index (χ1) is 14.0. The van der Waals surface area contributed by atoms with Gasteiger partial charge in [-0.15, -0.1) is 0 Å². The molecule has 3 rings (SSSR count). The van der Waals surface area contributed by atoms with Crippen LogP contribution in [0.15, 0.2) is 45.5 Å². The molecule has 0 bridgehead atoms. The minimum Gasteiger partial charge on any atom is -0.361 e. The molecule has 29 heavy (non-hydrogen) atoms. The van der Waals surface area contributed by atoms with Crippen molar-refractivity contribution in [2.24, 2.45) is 9.98 Å². The summed E-state index contributed by atoms with van der Waals surface area (Å²) in [4.78, 5) is 24.3. The summed E-state index contributed by atoms with van der Waals surface area (Å²) in [5, 5.41) is 6.43. The molecule has 1 aromatic rings. The van der Waals surface area contributed by atoms with E-state index in [9.17, 15) is 4.79 Å². The van der Waals surface area contributed by atoms with Crippen LogP contribution >= 0.6 is 0 Å². The van der Waals surface area contributed by atoms with E-state index in [4.69, 9.17) is 4.99 Å². The van der Waals surface area contributed by atoms with Gasteiger partial charge in [0.05, 0.1) is 12.6 Å². The Bertz CT molecular complexity index is 822. The molecule has 1 atom stereocenters. The van der Waals surface area contributed by atoms with Gasteiger partial charge in [0.25, 0.3) is 0 Å². The van der Waals surface area contributed by atoms with Crippen LogP contribution in [0.25, 0.3) is 0 Å². The summed E-state index contributed by atoms with van der Waals surface area (Å²) < 4.78 is 0. The summed E-state index contributed by atoms with van der Waals surface area (Å²) in [5.41, 5.74) is 5.14. The number of likely N-dealkylation sites (N-methyl/N-ethyl adjacent to an activating group) is 1. The number of piperazine rings is 1. The van der Waals surface area contributed by atoms with E-state index in [-0.39, 0.29) is 11.9 Å². The molecule has 0 spiro atoms. The van der Waals surface area contributed by atoms with Gasteiger partial charge in [-0.25, -0.2) is 0 Å². The SMILES string of the molecule is CCC1=NC(CC)=C(C(=O)NCc2ccc(C(C)N=C3CNCCN3C)cc2)C1. The monoisotopic (exact) mass is 395 g/mol. The number of amidine groups is 1. The lowest BCUT2D eigenvalue weighted by Crippen LogP contribution is -2.46. The number of carbonyl (C=O) groups excluding carboxylic acids is 1. The Balaban J connectivity index is 1.57. The molecule has 6 nitrogen and oxygen atoms in total. The van der Waals surface area contributed by atoms with Crippen molar-refractivity contribution in [3.8, 4) is 0 Å². The predicted molar refractivity (Wildman–Crippen MR) is 119 cm³/mol. The summed E-state index contributed by atoms with van der Waals surface area (Å²) in [6, 6.07) is 8.48. The van der Waals surface area contributed by atoms with Crippen molar-refractivity contribution in [3.63, 3.8) is 0 Å². The van der Waals surface area contributed by atoms with E-state index >= 15 is 0 Å². The van der Waals surface area contributed by atoms with E-state index in [1.54, 1.807) is 0 Å². The fraction of sp³-hybridized carbons (Fsp3) is 0.522. The second kappa shape index (κ2) is 9.83. The highest BCUT2D eigenvalue weighted by molar-refractivity contribution is 6.04. The zero-order valence-electron chi connectivity index (χ0n) is 18.1. The van der Waals surface area contributed by atoms with Crippen LogP contribution in [-0.4, -0.2) is 49.0 Å². The molecule has 156 valence electrons. The molecule has 2 heterocycles. The topological polar surface area (TPSA) is 69.1 Å². The van der Waals surface area contributed by atoms with Gasteiger partial charge in [0.2, 0.25) is 5.91 Å². The fourth-order valence-corrected chi connectivity index (χ4v) is 3.67. The lowest BCUT2D eigenvalue weighted by molar-refractivity contribution is -0.117. The van der Waals surface area contributed by atoms with Gasteiger partial charge in [-0.1, -0.05) is 38.1 Å². The van der Waals surface area contributed by atoms with Crippen molar-refractivity contribution < 1.29 is 4.79 Å². The molecule has 2 N–H and O–H groups in total. The third-order valence-electron chi connectivity index (χ3n) is 5.64. The summed E-state index contributed by atoms with van der Waals surface area (Å²) >= 11 is 0. The van der Waals surface area contributed by atoms with Gasteiger partial charge in [-0.2, -0.15) is 0 Å². The number of allylic oxidation sites excluding steroid dienone is 1. The summed E-state index contributed by atoms with van der Waals surface area (Å²) in [5.74, 6) is 1.11. The molecule has 1 amide bonds. The maximum Gasteiger partial charge on any atom is 0.249 e. The smallest absolute Gasteiger partial charge is 0.249 e. The number of carbonyl (C=O) groups is 1. The highest BCUT2D eigenvalue weighted by Gasteiger charge is 2.21. The van der Waals surface area contributed by atoms with Gasteiger partial charge < -0.3 is 15.5 Å². The highest BCUT2D eigenvalue weighted by Crippen LogP contribution is 2.24. The van der Waals surface area contributed by atoms with Crippen molar-refractivity contribution in [1.29, 1.82) is 0 Å². The minimum absolute atomic E-state index is 0.00531. The molecule has 6 heteroatoms. The largest absolute Gasteiger partial charge is 0.361 e. The van der Waals surface area contributed by atoms with Crippen LogP contribution in [0.1, 0.15) is 57.2 Å². The number of nitrogens with zero attached hydrogens (tertiary/aromatic N) is 3. The third-order valence-corrected chi connectivity index (χ3v) is 5.64. The Kier molecular flexibility index (Phi) is 7.20. The third kappa shape index (κ3) is 5.32. The van der Waals surface area contributed by atoms with E-state index in [2.05, 4.69) is 72.6 Å². The molecule has 0 aromatic heterocycles. The first kappa shape index (κ1) is 21.2. The number of benzene rings is 1. The number of amides is 1. The van der Waals surface area contributed by atoms with Crippen LogP contribution in [0.4, 0.5) is 0 Å². The first-order valence-electron chi connectivity index (χ1n) is 10.7. The van der Waals surface area contributed by atoms with Gasteiger partial charge >= 0.3 is 0 Å². The number of hydrogen-bond donors (Lipinski definition) is 2. The highest BCUT2D eigenvalue weighted by atomic mass is 16.1. The Morgan fingerprint density at radius 2 is 2.03 bits per heavy atom. The molecule has 2 aliphatic heterocycles. The lowest BCUT2D eigenvalue weighted by atomic mass is 10.1. The van der Waals surface area contributed by atoms with Crippen molar-refractivity contribution in [3.05, 3.63) is 46.7 Å². The second-order valence-electron chi connectivity index (χ2n) is 7.73. The molecule has 0 aliphatic carbocycles. The maximum atomic E-state index is 12.6. The van der Waals surface area contributed by atoms with E-state index < -0.39 is 0 Å². The Morgan fingerprint density at radius 1 is 1.28 bits per heavy atom. The minimum atomic E-state index is 0.00531. The van der Waals surface area contributed by atoms with Gasteiger partial charge in [0.15, 0.2) is 0 Å². The summed E-state index contributed by atoms with van der Waals surface area (Å²) in [6.45, 7) is 9.60. The van der Waals surface area contributed by atoms with E-state index in [1.165, 1.54) is 5.56 Å². The van der Waals surface area contributed by atoms with Gasteiger partial charge in [-0.05, 0) is 30.9 Å². The van der Waals surface area contributed by atoms with Gasteiger partial charge in [0, 0.05) is 50.1 Å². The van der Waals surface area contributed by atoms with Gasteiger partial charge in [-0.3, -0.25) is 14.8 Å². The normalized spacial score (nSPS) is 19.5. The van der Waals surface area contributed by atoms with Crippen LogP contribution in [0, 0.1) is 0 Å². The first-order valence-corrected chi connectivity index (χ1v) is 10.7. The second-order valence-corrected chi connectivity index (χ2v) is 7.73. The predicted octanol–water partition coefficient (Wildman–Crippen LogP) is 3.22. The maximum absolute atomic E-state index is 12.6. The van der Waals surface area contributed by atoms with E-state index in [0.717, 1.165) is 60.9 Å². The Hall–Kier alpha value is -2.47. The van der Waals surface area contributed by atoms with Crippen LogP contribution in [0.5, 0.6) is 0 Å². The average molecular weight is 396 g/mol. The number of rotatable bonds is 7. The van der Waals surface area contributed by atoms with Crippen LogP contribution in [0.2, 0.25) is 0 Å². The van der Waals surface area contributed by atoms with Crippen molar-refractivity contribution in [1.82, 2.24) is 15.5 Å². The molecule has 1 saturated heterocycles. The van der Waals surface area contributed by atoms with Crippen LogP contribution in [0.3, 0.4) is 0 Å². The molecule has 0 radical (unpaired) electrons. The van der Waals surface area contributed by atoms with Crippen LogP contribution in [-0.2, 0) is 11.3 Å². The summed E-state index contributed by atoms with van der Waals surface area (Å²) in [7, 11) is 2.09.